The van der Waals surface area contributed by atoms with Gasteiger partial charge in [-0.25, -0.2) is 4.39 Å². The number of halogens is 2. The van der Waals surface area contributed by atoms with Gasteiger partial charge in [0.2, 0.25) is 0 Å². The molecule has 3 nitrogen and oxygen atoms in total. The molecule has 1 aliphatic rings. The number of hydrogen-bond donors (Lipinski definition) is 1. The molecule has 100 valence electrons. The summed E-state index contributed by atoms with van der Waals surface area (Å²) in [5, 5.41) is 0.0919. The first-order valence-electron chi connectivity index (χ1n) is 6.18. The van der Waals surface area contributed by atoms with Crippen LogP contribution in [0.25, 0.3) is 0 Å². The minimum atomic E-state index is -0.489. The summed E-state index contributed by atoms with van der Waals surface area (Å²) in [4.78, 5) is 2.12. The van der Waals surface area contributed by atoms with Gasteiger partial charge in [0.15, 0.2) is 0 Å². The van der Waals surface area contributed by atoms with E-state index in [0.29, 0.717) is 18.3 Å². The number of nitrogens with two attached hydrogens (primary N) is 1. The zero-order valence-electron chi connectivity index (χ0n) is 10.3. The van der Waals surface area contributed by atoms with Crippen molar-refractivity contribution in [2.45, 2.75) is 25.4 Å². The van der Waals surface area contributed by atoms with Gasteiger partial charge in [-0.3, -0.25) is 0 Å². The van der Waals surface area contributed by atoms with Crippen molar-refractivity contribution in [2.75, 3.05) is 10.6 Å². The van der Waals surface area contributed by atoms with Crippen molar-refractivity contribution in [3.8, 4) is 0 Å². The van der Waals surface area contributed by atoms with Crippen molar-refractivity contribution < 1.29 is 8.81 Å². The molecule has 0 amide bonds. The molecule has 5 heteroatoms. The van der Waals surface area contributed by atoms with Gasteiger partial charge in [0.25, 0.3) is 0 Å². The van der Waals surface area contributed by atoms with Gasteiger partial charge in [0.05, 0.1) is 29.2 Å². The zero-order valence-corrected chi connectivity index (χ0v) is 11.0. The molecule has 1 aromatic carbocycles. The highest BCUT2D eigenvalue weighted by Crippen LogP contribution is 2.38. The molecular formula is C14H14ClFN2O. The van der Waals surface area contributed by atoms with Crippen molar-refractivity contribution in [3.63, 3.8) is 0 Å². The van der Waals surface area contributed by atoms with Gasteiger partial charge in [-0.05, 0) is 31.0 Å². The molecule has 0 spiro atoms. The molecule has 2 aromatic rings. The van der Waals surface area contributed by atoms with E-state index in [1.54, 1.807) is 12.3 Å². The van der Waals surface area contributed by atoms with Crippen LogP contribution in [0.1, 0.15) is 18.6 Å². The largest absolute Gasteiger partial charge is 0.467 e. The van der Waals surface area contributed by atoms with Gasteiger partial charge in [0, 0.05) is 12.1 Å². The SMILES string of the molecule is Nc1cc(F)c(Cl)cc1N(Cc1ccco1)C1CC1. The quantitative estimate of drug-likeness (QED) is 0.866. The van der Waals surface area contributed by atoms with Crippen LogP contribution in [-0.2, 0) is 6.54 Å². The molecule has 1 aliphatic carbocycles. The fraction of sp³-hybridized carbons (Fsp3) is 0.286. The first kappa shape index (κ1) is 12.4. The molecular weight excluding hydrogens is 267 g/mol. The molecule has 0 unspecified atom stereocenters. The number of benzene rings is 1. The lowest BCUT2D eigenvalue weighted by molar-refractivity contribution is 0.501. The van der Waals surface area contributed by atoms with Gasteiger partial charge in [-0.1, -0.05) is 11.6 Å². The van der Waals surface area contributed by atoms with E-state index in [9.17, 15) is 4.39 Å². The Hall–Kier alpha value is -1.68. The van der Waals surface area contributed by atoms with Gasteiger partial charge in [-0.15, -0.1) is 0 Å². The molecule has 2 N–H and O–H groups in total. The van der Waals surface area contributed by atoms with E-state index in [4.69, 9.17) is 21.8 Å². The van der Waals surface area contributed by atoms with E-state index in [2.05, 4.69) is 4.90 Å². The van der Waals surface area contributed by atoms with Gasteiger partial charge >= 0.3 is 0 Å². The highest BCUT2D eigenvalue weighted by atomic mass is 35.5. The lowest BCUT2D eigenvalue weighted by Crippen LogP contribution is -2.25. The Morgan fingerprint density at radius 3 is 2.84 bits per heavy atom. The van der Waals surface area contributed by atoms with E-state index >= 15 is 0 Å². The lowest BCUT2D eigenvalue weighted by Gasteiger charge is -2.25. The van der Waals surface area contributed by atoms with Crippen LogP contribution in [0.4, 0.5) is 15.8 Å². The fourth-order valence-corrected chi connectivity index (χ4v) is 2.33. The molecule has 1 aromatic heterocycles. The molecule has 0 atom stereocenters. The first-order valence-corrected chi connectivity index (χ1v) is 6.56. The third kappa shape index (κ3) is 2.54. The Morgan fingerprint density at radius 2 is 2.21 bits per heavy atom. The summed E-state index contributed by atoms with van der Waals surface area (Å²) < 4.78 is 18.7. The van der Waals surface area contributed by atoms with Crippen LogP contribution in [-0.4, -0.2) is 6.04 Å². The number of hydrogen-bond acceptors (Lipinski definition) is 3. The summed E-state index contributed by atoms with van der Waals surface area (Å²) >= 11 is 5.86. The van der Waals surface area contributed by atoms with Crippen LogP contribution >= 0.6 is 11.6 Å². The van der Waals surface area contributed by atoms with Crippen molar-refractivity contribution in [1.29, 1.82) is 0 Å². The maximum atomic E-state index is 13.4. The monoisotopic (exact) mass is 280 g/mol. The highest BCUT2D eigenvalue weighted by Gasteiger charge is 2.31. The first-order chi connectivity index (χ1) is 9.15. The molecule has 19 heavy (non-hydrogen) atoms. The van der Waals surface area contributed by atoms with Gasteiger partial charge < -0.3 is 15.1 Å². The minimum absolute atomic E-state index is 0.0919. The van der Waals surface area contributed by atoms with Crippen molar-refractivity contribution in [2.24, 2.45) is 0 Å². The summed E-state index contributed by atoms with van der Waals surface area (Å²) in [6.45, 7) is 0.615. The molecule has 1 saturated carbocycles. The zero-order chi connectivity index (χ0) is 13.4. The van der Waals surface area contributed by atoms with E-state index in [1.807, 2.05) is 12.1 Å². The van der Waals surface area contributed by atoms with Gasteiger partial charge in [0.1, 0.15) is 11.6 Å². The Balaban J connectivity index is 1.94. The van der Waals surface area contributed by atoms with Crippen LogP contribution in [0, 0.1) is 5.82 Å². The smallest absolute Gasteiger partial charge is 0.143 e. The minimum Gasteiger partial charge on any atom is -0.467 e. The Labute approximate surface area is 115 Å². The Bertz CT molecular complexity index is 581. The third-order valence-electron chi connectivity index (χ3n) is 3.27. The van der Waals surface area contributed by atoms with E-state index in [1.165, 1.54) is 6.07 Å². The molecule has 1 fully saturated rings. The number of nitrogens with zero attached hydrogens (tertiary/aromatic N) is 1. The van der Waals surface area contributed by atoms with Crippen LogP contribution in [0.15, 0.2) is 34.9 Å². The maximum Gasteiger partial charge on any atom is 0.143 e. The second kappa shape index (κ2) is 4.78. The Morgan fingerprint density at radius 1 is 1.42 bits per heavy atom. The van der Waals surface area contributed by atoms with Crippen LogP contribution in [0.2, 0.25) is 5.02 Å². The van der Waals surface area contributed by atoms with E-state index < -0.39 is 5.82 Å². The lowest BCUT2D eigenvalue weighted by atomic mass is 10.2. The number of nitrogen functional groups attached to an aromatic ring is 1. The predicted molar refractivity (Wildman–Crippen MR) is 73.7 cm³/mol. The summed E-state index contributed by atoms with van der Waals surface area (Å²) in [5.41, 5.74) is 7.09. The van der Waals surface area contributed by atoms with Crippen molar-refractivity contribution in [3.05, 3.63) is 47.1 Å². The van der Waals surface area contributed by atoms with Gasteiger partial charge in [-0.2, -0.15) is 0 Å². The van der Waals surface area contributed by atoms with Crippen molar-refractivity contribution in [1.82, 2.24) is 0 Å². The summed E-state index contributed by atoms with van der Waals surface area (Å²) in [6, 6.07) is 7.05. The van der Waals surface area contributed by atoms with Crippen LogP contribution < -0.4 is 10.6 Å². The second-order valence-corrected chi connectivity index (χ2v) is 5.17. The van der Waals surface area contributed by atoms with Crippen molar-refractivity contribution >= 4 is 23.0 Å². The number of anilines is 2. The van der Waals surface area contributed by atoms with Crippen LogP contribution in [0.5, 0.6) is 0 Å². The standard InChI is InChI=1S/C14H14ClFN2O/c15-11-6-14(13(17)7-12(11)16)18(9-3-4-9)8-10-2-1-5-19-10/h1-2,5-7,9H,3-4,8,17H2. The molecule has 0 radical (unpaired) electrons. The third-order valence-corrected chi connectivity index (χ3v) is 3.56. The fourth-order valence-electron chi connectivity index (χ4n) is 2.17. The van der Waals surface area contributed by atoms with E-state index in [0.717, 1.165) is 24.3 Å². The second-order valence-electron chi connectivity index (χ2n) is 4.76. The Kier molecular flexibility index (Phi) is 3.11. The predicted octanol–water partition coefficient (Wildman–Crippen LogP) is 3.82. The molecule has 3 rings (SSSR count). The molecule has 0 bridgehead atoms. The van der Waals surface area contributed by atoms with Crippen LogP contribution in [0.3, 0.4) is 0 Å². The molecule has 1 heterocycles. The number of rotatable bonds is 4. The average molecular weight is 281 g/mol. The normalized spacial score (nSPS) is 14.6. The summed E-state index contributed by atoms with van der Waals surface area (Å²) in [7, 11) is 0. The average Bonchev–Trinajstić information content (AvgIpc) is 3.09. The molecule has 0 saturated heterocycles. The highest BCUT2D eigenvalue weighted by molar-refractivity contribution is 6.31. The summed E-state index contributed by atoms with van der Waals surface area (Å²) in [5.74, 6) is 0.364. The van der Waals surface area contributed by atoms with E-state index in [-0.39, 0.29) is 5.02 Å². The number of furan rings is 1. The summed E-state index contributed by atoms with van der Waals surface area (Å²) in [6.07, 6.45) is 3.85. The topological polar surface area (TPSA) is 42.4 Å². The maximum absolute atomic E-state index is 13.4. The molecule has 0 aliphatic heterocycles.